The smallest absolute Gasteiger partial charge is 0.341 e. The van der Waals surface area contributed by atoms with E-state index in [9.17, 15) is 9.59 Å². The minimum absolute atomic E-state index is 0.113. The van der Waals surface area contributed by atoms with E-state index in [1.165, 1.54) is 17.5 Å². The molecule has 0 bridgehead atoms. The van der Waals surface area contributed by atoms with E-state index in [2.05, 4.69) is 10.1 Å². The fraction of sp³-hybridized carbons (Fsp3) is 0.217. The van der Waals surface area contributed by atoms with Crippen LogP contribution in [0.5, 0.6) is 0 Å². The summed E-state index contributed by atoms with van der Waals surface area (Å²) in [4.78, 5) is 31.5. The van der Waals surface area contributed by atoms with Gasteiger partial charge in [-0.15, -0.1) is 0 Å². The van der Waals surface area contributed by atoms with Gasteiger partial charge >= 0.3 is 5.97 Å². The molecule has 0 radical (unpaired) electrons. The maximum atomic E-state index is 13.1. The average molecular weight is 435 g/mol. The second-order valence-corrected chi connectivity index (χ2v) is 7.85. The second kappa shape index (κ2) is 8.69. The summed E-state index contributed by atoms with van der Waals surface area (Å²) in [6, 6.07) is 15.0. The van der Waals surface area contributed by atoms with Crippen molar-refractivity contribution in [3.05, 3.63) is 71.5 Å². The summed E-state index contributed by atoms with van der Waals surface area (Å²) in [5.41, 5.74) is 3.31. The zero-order chi connectivity index (χ0) is 22.0. The van der Waals surface area contributed by atoms with Crippen LogP contribution in [0.15, 0.2) is 54.7 Å². The highest BCUT2D eigenvalue weighted by molar-refractivity contribution is 7.22. The van der Waals surface area contributed by atoms with Crippen molar-refractivity contribution in [2.24, 2.45) is 0 Å². The molecule has 0 aliphatic rings. The first-order chi connectivity index (χ1) is 15.0. The molecule has 0 aliphatic carbocycles. The molecule has 4 aromatic rings. The lowest BCUT2D eigenvalue weighted by atomic mass is 10.1. The Bertz CT molecular complexity index is 1210. The number of anilines is 1. The van der Waals surface area contributed by atoms with Crippen molar-refractivity contribution in [2.45, 2.75) is 20.8 Å². The third kappa shape index (κ3) is 3.94. The Hall–Kier alpha value is -3.52. The number of ether oxygens (including phenoxy) is 1. The van der Waals surface area contributed by atoms with Crippen LogP contribution in [-0.2, 0) is 4.74 Å². The van der Waals surface area contributed by atoms with E-state index in [0.717, 1.165) is 15.9 Å². The Morgan fingerprint density at radius 2 is 1.84 bits per heavy atom. The Morgan fingerprint density at radius 3 is 2.52 bits per heavy atom. The lowest BCUT2D eigenvalue weighted by Crippen LogP contribution is -2.30. The summed E-state index contributed by atoms with van der Waals surface area (Å²) in [6.45, 7) is 6.33. The van der Waals surface area contributed by atoms with Gasteiger partial charge in [0.1, 0.15) is 5.56 Å². The van der Waals surface area contributed by atoms with Gasteiger partial charge in [0, 0.05) is 12.1 Å². The van der Waals surface area contributed by atoms with Crippen molar-refractivity contribution in [3.8, 4) is 5.69 Å². The van der Waals surface area contributed by atoms with Crippen LogP contribution >= 0.6 is 11.3 Å². The van der Waals surface area contributed by atoms with Crippen molar-refractivity contribution >= 4 is 38.6 Å². The monoisotopic (exact) mass is 434 g/mol. The minimum Gasteiger partial charge on any atom is -0.462 e. The minimum atomic E-state index is -0.396. The number of carbonyl (C=O) groups excluding carboxylic acids is 2. The standard InChI is InChI=1S/C23H22N4O3S/c1-4-26(23-25-19-8-6-7-9-20(19)31-23)21(28)16-10-12-17(13-11-16)27-15(3)18(14-24-27)22(29)30-5-2/h6-14H,4-5H2,1-3H3. The van der Waals surface area contributed by atoms with Crippen LogP contribution in [0.1, 0.15) is 40.3 Å². The first-order valence-corrected chi connectivity index (χ1v) is 10.8. The molecule has 0 saturated carbocycles. The number of amides is 1. The molecule has 0 atom stereocenters. The molecule has 0 unspecified atom stereocenters. The first kappa shape index (κ1) is 20.7. The summed E-state index contributed by atoms with van der Waals surface area (Å²) >= 11 is 1.50. The number of para-hydroxylation sites is 1. The van der Waals surface area contributed by atoms with E-state index in [4.69, 9.17) is 4.74 Å². The molecule has 0 spiro atoms. The Morgan fingerprint density at radius 1 is 1.10 bits per heavy atom. The number of fused-ring (bicyclic) bond motifs is 1. The van der Waals surface area contributed by atoms with Crippen LogP contribution in [0.2, 0.25) is 0 Å². The molecule has 8 heteroatoms. The van der Waals surface area contributed by atoms with Crippen molar-refractivity contribution < 1.29 is 14.3 Å². The van der Waals surface area contributed by atoms with Gasteiger partial charge in [-0.05, 0) is 57.2 Å². The van der Waals surface area contributed by atoms with Gasteiger partial charge in [-0.1, -0.05) is 23.5 Å². The van der Waals surface area contributed by atoms with Gasteiger partial charge in [-0.3, -0.25) is 9.69 Å². The molecule has 0 saturated heterocycles. The number of benzene rings is 2. The van der Waals surface area contributed by atoms with Crippen molar-refractivity contribution in [1.29, 1.82) is 0 Å². The lowest BCUT2D eigenvalue weighted by molar-refractivity contribution is 0.0525. The molecule has 0 fully saturated rings. The van der Waals surface area contributed by atoms with Crippen molar-refractivity contribution in [3.63, 3.8) is 0 Å². The topological polar surface area (TPSA) is 77.3 Å². The molecule has 0 aliphatic heterocycles. The average Bonchev–Trinajstić information content (AvgIpc) is 3.38. The van der Waals surface area contributed by atoms with Gasteiger partial charge in [0.15, 0.2) is 5.13 Å². The van der Waals surface area contributed by atoms with Crippen LogP contribution in [-0.4, -0.2) is 39.8 Å². The zero-order valence-electron chi connectivity index (χ0n) is 17.5. The molecule has 31 heavy (non-hydrogen) atoms. The third-order valence-electron chi connectivity index (χ3n) is 4.94. The molecule has 2 aromatic heterocycles. The number of aromatic nitrogens is 3. The number of esters is 1. The molecule has 2 heterocycles. The van der Waals surface area contributed by atoms with E-state index in [0.29, 0.717) is 35.1 Å². The maximum Gasteiger partial charge on any atom is 0.341 e. The highest BCUT2D eigenvalue weighted by Crippen LogP contribution is 2.29. The van der Waals surface area contributed by atoms with Gasteiger partial charge in [0.25, 0.3) is 5.91 Å². The number of hydrogen-bond acceptors (Lipinski definition) is 6. The van der Waals surface area contributed by atoms with Crippen LogP contribution in [0, 0.1) is 6.92 Å². The Balaban J connectivity index is 1.58. The molecule has 158 valence electrons. The molecule has 0 N–H and O–H groups in total. The first-order valence-electron chi connectivity index (χ1n) is 10.0. The van der Waals surface area contributed by atoms with Crippen LogP contribution in [0.25, 0.3) is 15.9 Å². The van der Waals surface area contributed by atoms with Gasteiger partial charge in [-0.2, -0.15) is 5.10 Å². The van der Waals surface area contributed by atoms with Crippen LogP contribution in [0.3, 0.4) is 0 Å². The third-order valence-corrected chi connectivity index (χ3v) is 6.00. The number of hydrogen-bond donors (Lipinski definition) is 0. The maximum absolute atomic E-state index is 13.1. The molecule has 4 rings (SSSR count). The summed E-state index contributed by atoms with van der Waals surface area (Å²) in [5, 5.41) is 4.98. The van der Waals surface area contributed by atoms with Crippen molar-refractivity contribution in [2.75, 3.05) is 18.1 Å². The van der Waals surface area contributed by atoms with E-state index in [1.807, 2.05) is 50.2 Å². The summed E-state index contributed by atoms with van der Waals surface area (Å²) in [6.07, 6.45) is 1.50. The van der Waals surface area contributed by atoms with Crippen LogP contribution < -0.4 is 4.90 Å². The fourth-order valence-corrected chi connectivity index (χ4v) is 4.35. The lowest BCUT2D eigenvalue weighted by Gasteiger charge is -2.18. The van der Waals surface area contributed by atoms with E-state index < -0.39 is 5.97 Å². The second-order valence-electron chi connectivity index (χ2n) is 6.84. The molecule has 7 nitrogen and oxygen atoms in total. The SMILES string of the molecule is CCOC(=O)c1cnn(-c2ccc(C(=O)N(CC)c3nc4ccccc4s3)cc2)c1C. The highest BCUT2D eigenvalue weighted by Gasteiger charge is 2.20. The van der Waals surface area contributed by atoms with Gasteiger partial charge in [0.2, 0.25) is 0 Å². The van der Waals surface area contributed by atoms with Gasteiger partial charge < -0.3 is 4.74 Å². The fourth-order valence-electron chi connectivity index (χ4n) is 3.32. The summed E-state index contributed by atoms with van der Waals surface area (Å²) in [5.74, 6) is -0.509. The molecular formula is C23H22N4O3S. The van der Waals surface area contributed by atoms with E-state index >= 15 is 0 Å². The Labute approximate surface area is 183 Å². The molecular weight excluding hydrogens is 412 g/mol. The quantitative estimate of drug-likeness (QED) is 0.413. The zero-order valence-corrected chi connectivity index (χ0v) is 18.3. The normalized spacial score (nSPS) is 10.9. The number of thiazole rings is 1. The van der Waals surface area contributed by atoms with Crippen molar-refractivity contribution in [1.82, 2.24) is 14.8 Å². The van der Waals surface area contributed by atoms with Gasteiger partial charge in [-0.25, -0.2) is 14.5 Å². The molecule has 1 amide bonds. The summed E-state index contributed by atoms with van der Waals surface area (Å²) < 4.78 is 7.77. The summed E-state index contributed by atoms with van der Waals surface area (Å²) in [7, 11) is 0. The van der Waals surface area contributed by atoms with E-state index in [1.54, 1.807) is 28.6 Å². The number of rotatable bonds is 6. The van der Waals surface area contributed by atoms with Crippen LogP contribution in [0.4, 0.5) is 5.13 Å². The number of nitrogens with zero attached hydrogens (tertiary/aromatic N) is 4. The predicted molar refractivity (Wildman–Crippen MR) is 121 cm³/mol. The molecule has 2 aromatic carbocycles. The van der Waals surface area contributed by atoms with E-state index in [-0.39, 0.29) is 5.91 Å². The van der Waals surface area contributed by atoms with Gasteiger partial charge in [0.05, 0.1) is 34.4 Å². The Kier molecular flexibility index (Phi) is 5.81. The predicted octanol–water partition coefficient (Wildman–Crippen LogP) is 4.63. The largest absolute Gasteiger partial charge is 0.462 e. The number of carbonyl (C=O) groups is 2. The highest BCUT2D eigenvalue weighted by atomic mass is 32.1.